The van der Waals surface area contributed by atoms with Gasteiger partial charge in [-0.25, -0.2) is 9.97 Å². The molecule has 5 nitrogen and oxygen atoms in total. The van der Waals surface area contributed by atoms with Crippen molar-refractivity contribution in [2.45, 2.75) is 0 Å². The highest BCUT2D eigenvalue weighted by Crippen LogP contribution is 2.41. The van der Waals surface area contributed by atoms with Crippen molar-refractivity contribution < 1.29 is 4.42 Å². The minimum atomic E-state index is 0.633. The second kappa shape index (κ2) is 11.5. The van der Waals surface area contributed by atoms with Crippen LogP contribution in [0.4, 0.5) is 0 Å². The summed E-state index contributed by atoms with van der Waals surface area (Å²) in [6.45, 7) is 0. The predicted molar refractivity (Wildman–Crippen MR) is 226 cm³/mol. The molecular formula is C50H30N4O. The summed E-state index contributed by atoms with van der Waals surface area (Å²) in [5, 5.41) is 7.97. The molecule has 5 heteroatoms. The van der Waals surface area contributed by atoms with Crippen LogP contribution in [-0.4, -0.2) is 19.1 Å². The van der Waals surface area contributed by atoms with Crippen LogP contribution in [0, 0.1) is 0 Å². The Kier molecular flexibility index (Phi) is 6.27. The van der Waals surface area contributed by atoms with Crippen LogP contribution < -0.4 is 0 Å². The molecule has 55 heavy (non-hydrogen) atoms. The number of furan rings is 1. The Morgan fingerprint density at radius 3 is 1.91 bits per heavy atom. The maximum absolute atomic E-state index is 6.19. The zero-order valence-corrected chi connectivity index (χ0v) is 29.5. The van der Waals surface area contributed by atoms with Crippen molar-refractivity contribution in [2.24, 2.45) is 0 Å². The van der Waals surface area contributed by atoms with E-state index in [2.05, 4.69) is 173 Å². The second-order valence-electron chi connectivity index (χ2n) is 14.2. The van der Waals surface area contributed by atoms with Crippen molar-refractivity contribution in [1.82, 2.24) is 19.1 Å². The summed E-state index contributed by atoms with van der Waals surface area (Å²) >= 11 is 0. The molecule has 12 aromatic rings. The SMILES string of the molecule is c1ccc(-n2c3ccccc3c3ccc(-c4cccc5c4c4ccccc4n5-c4nc(-c5ccc6oc7ccccc7c6c5)c5ccccc5n4)cc32)cc1. The van der Waals surface area contributed by atoms with Crippen molar-refractivity contribution >= 4 is 76.5 Å². The maximum atomic E-state index is 6.19. The van der Waals surface area contributed by atoms with Gasteiger partial charge in [-0.3, -0.25) is 4.57 Å². The molecule has 0 radical (unpaired) electrons. The van der Waals surface area contributed by atoms with Crippen LogP contribution in [0.2, 0.25) is 0 Å². The molecular weight excluding hydrogens is 673 g/mol. The average Bonchev–Trinajstić information content (AvgIpc) is 3.91. The Balaban J connectivity index is 1.11. The third-order valence-electron chi connectivity index (χ3n) is 11.1. The summed E-state index contributed by atoms with van der Waals surface area (Å²) < 4.78 is 10.8. The van der Waals surface area contributed by atoms with Gasteiger partial charge in [-0.1, -0.05) is 115 Å². The summed E-state index contributed by atoms with van der Waals surface area (Å²) in [6.07, 6.45) is 0. The number of aromatic nitrogens is 4. The number of benzene rings is 8. The molecule has 8 aromatic carbocycles. The number of hydrogen-bond acceptors (Lipinski definition) is 3. The lowest BCUT2D eigenvalue weighted by molar-refractivity contribution is 0.669. The first-order valence-corrected chi connectivity index (χ1v) is 18.6. The first-order valence-electron chi connectivity index (χ1n) is 18.6. The molecule has 0 saturated heterocycles. The number of nitrogens with zero attached hydrogens (tertiary/aromatic N) is 4. The fraction of sp³-hybridized carbons (Fsp3) is 0. The molecule has 0 saturated carbocycles. The van der Waals surface area contributed by atoms with E-state index in [1.807, 2.05) is 18.2 Å². The minimum Gasteiger partial charge on any atom is -0.456 e. The summed E-state index contributed by atoms with van der Waals surface area (Å²) in [6, 6.07) is 64.3. The Bertz CT molecular complexity index is 3500. The van der Waals surface area contributed by atoms with Gasteiger partial charge in [-0.15, -0.1) is 0 Å². The second-order valence-corrected chi connectivity index (χ2v) is 14.2. The van der Waals surface area contributed by atoms with Gasteiger partial charge in [-0.05, 0) is 77.9 Å². The van der Waals surface area contributed by atoms with Crippen molar-refractivity contribution in [3.8, 4) is 34.0 Å². The van der Waals surface area contributed by atoms with Gasteiger partial charge in [0.15, 0.2) is 0 Å². The molecule has 0 aliphatic carbocycles. The zero-order valence-electron chi connectivity index (χ0n) is 29.5. The van der Waals surface area contributed by atoms with E-state index in [1.165, 1.54) is 27.2 Å². The largest absolute Gasteiger partial charge is 0.456 e. The number of hydrogen-bond donors (Lipinski definition) is 0. The average molecular weight is 703 g/mol. The van der Waals surface area contributed by atoms with E-state index in [0.29, 0.717) is 5.95 Å². The van der Waals surface area contributed by atoms with Crippen molar-refractivity contribution in [1.29, 1.82) is 0 Å². The van der Waals surface area contributed by atoms with Gasteiger partial charge in [-0.2, -0.15) is 0 Å². The molecule has 0 N–H and O–H groups in total. The van der Waals surface area contributed by atoms with Crippen LogP contribution in [0.15, 0.2) is 186 Å². The van der Waals surface area contributed by atoms with Gasteiger partial charge in [0.1, 0.15) is 11.2 Å². The van der Waals surface area contributed by atoms with Crippen LogP contribution in [0.1, 0.15) is 0 Å². The molecule has 0 aliphatic rings. The van der Waals surface area contributed by atoms with Gasteiger partial charge in [0, 0.05) is 49.0 Å². The van der Waals surface area contributed by atoms with Crippen LogP contribution >= 0.6 is 0 Å². The topological polar surface area (TPSA) is 48.8 Å². The lowest BCUT2D eigenvalue weighted by atomic mass is 9.98. The Morgan fingerprint density at radius 1 is 0.382 bits per heavy atom. The molecule has 0 fully saturated rings. The van der Waals surface area contributed by atoms with Crippen molar-refractivity contribution in [3.05, 3.63) is 182 Å². The van der Waals surface area contributed by atoms with E-state index in [4.69, 9.17) is 14.4 Å². The molecule has 0 spiro atoms. The third kappa shape index (κ3) is 4.41. The van der Waals surface area contributed by atoms with E-state index in [0.717, 1.165) is 77.3 Å². The Labute approximate surface area is 315 Å². The van der Waals surface area contributed by atoms with E-state index in [-0.39, 0.29) is 0 Å². The highest BCUT2D eigenvalue weighted by molar-refractivity contribution is 6.17. The highest BCUT2D eigenvalue weighted by atomic mass is 16.3. The zero-order chi connectivity index (χ0) is 36.0. The van der Waals surface area contributed by atoms with E-state index in [1.54, 1.807) is 0 Å². The maximum Gasteiger partial charge on any atom is 0.235 e. The molecule has 0 amide bonds. The van der Waals surface area contributed by atoms with Gasteiger partial charge >= 0.3 is 0 Å². The molecule has 256 valence electrons. The fourth-order valence-electron chi connectivity index (χ4n) is 8.73. The molecule has 0 atom stereocenters. The van der Waals surface area contributed by atoms with Crippen LogP contribution in [0.5, 0.6) is 0 Å². The van der Waals surface area contributed by atoms with Gasteiger partial charge in [0.05, 0.1) is 33.3 Å². The predicted octanol–water partition coefficient (Wildman–Crippen LogP) is 13.1. The normalized spacial score (nSPS) is 12.0. The molecule has 12 rings (SSSR count). The van der Waals surface area contributed by atoms with Gasteiger partial charge in [0.25, 0.3) is 0 Å². The van der Waals surface area contributed by atoms with Crippen LogP contribution in [-0.2, 0) is 0 Å². The highest BCUT2D eigenvalue weighted by Gasteiger charge is 2.21. The fourth-order valence-corrected chi connectivity index (χ4v) is 8.73. The van der Waals surface area contributed by atoms with E-state index < -0.39 is 0 Å². The summed E-state index contributed by atoms with van der Waals surface area (Å²) in [5.74, 6) is 0.633. The quantitative estimate of drug-likeness (QED) is 0.183. The Hall–Kier alpha value is -7.50. The summed E-state index contributed by atoms with van der Waals surface area (Å²) in [7, 11) is 0. The minimum absolute atomic E-state index is 0.633. The van der Waals surface area contributed by atoms with Crippen molar-refractivity contribution in [3.63, 3.8) is 0 Å². The standard InChI is InChI=1S/C50H30N4O/c1-2-13-33(14-3-1)53-42-21-9-5-15-35(42)36-27-25-31(30-45(36)53)34-19-12-23-44-48(34)39-18-6-10-22-43(39)54(44)50-51-41-20-8-4-17-38(41)49(52-50)32-26-28-47-40(29-32)37-16-7-11-24-46(37)55-47/h1-30H. The first-order chi connectivity index (χ1) is 27.3. The third-order valence-corrected chi connectivity index (χ3v) is 11.1. The molecule has 4 heterocycles. The van der Waals surface area contributed by atoms with Gasteiger partial charge in [0.2, 0.25) is 5.95 Å². The van der Waals surface area contributed by atoms with Crippen molar-refractivity contribution in [2.75, 3.05) is 0 Å². The number of para-hydroxylation sites is 5. The molecule has 0 bridgehead atoms. The number of fused-ring (bicyclic) bond motifs is 10. The lowest BCUT2D eigenvalue weighted by Gasteiger charge is -2.12. The van der Waals surface area contributed by atoms with Crippen LogP contribution in [0.3, 0.4) is 0 Å². The smallest absolute Gasteiger partial charge is 0.235 e. The summed E-state index contributed by atoms with van der Waals surface area (Å²) in [5.41, 5.74) is 12.5. The molecule has 4 aromatic heterocycles. The van der Waals surface area contributed by atoms with E-state index in [9.17, 15) is 0 Å². The Morgan fingerprint density at radius 2 is 1.04 bits per heavy atom. The van der Waals surface area contributed by atoms with E-state index >= 15 is 0 Å². The first kappa shape index (κ1) is 30.0. The number of rotatable bonds is 4. The monoisotopic (exact) mass is 702 g/mol. The molecule has 0 unspecified atom stereocenters. The summed E-state index contributed by atoms with van der Waals surface area (Å²) in [4.78, 5) is 10.7. The molecule has 0 aliphatic heterocycles. The van der Waals surface area contributed by atoms with Crippen LogP contribution in [0.25, 0.3) is 110 Å². The lowest BCUT2D eigenvalue weighted by Crippen LogP contribution is -2.03. The van der Waals surface area contributed by atoms with Gasteiger partial charge < -0.3 is 8.98 Å².